The SMILES string of the molecule is CCc1ccccc1NC(=O)Nc1ccc(N2CCCC2)c(C(=O)NC2CC2)c1. The first-order valence-electron chi connectivity index (χ1n) is 10.5. The molecular weight excluding hydrogens is 364 g/mol. The Morgan fingerprint density at radius 3 is 2.52 bits per heavy atom. The minimum atomic E-state index is -0.312. The second kappa shape index (κ2) is 8.55. The van der Waals surface area contributed by atoms with E-state index in [4.69, 9.17) is 0 Å². The molecule has 1 heterocycles. The third-order valence-electron chi connectivity index (χ3n) is 5.50. The third-order valence-corrected chi connectivity index (χ3v) is 5.50. The molecule has 2 aromatic carbocycles. The van der Waals surface area contributed by atoms with Crippen molar-refractivity contribution in [2.24, 2.45) is 0 Å². The number of hydrogen-bond acceptors (Lipinski definition) is 3. The number of anilines is 3. The highest BCUT2D eigenvalue weighted by atomic mass is 16.2. The van der Waals surface area contributed by atoms with Crippen molar-refractivity contribution < 1.29 is 9.59 Å². The van der Waals surface area contributed by atoms with Crippen molar-refractivity contribution in [2.75, 3.05) is 28.6 Å². The quantitative estimate of drug-likeness (QED) is 0.683. The van der Waals surface area contributed by atoms with Crippen molar-refractivity contribution in [1.82, 2.24) is 5.32 Å². The predicted molar refractivity (Wildman–Crippen MR) is 117 cm³/mol. The summed E-state index contributed by atoms with van der Waals surface area (Å²) < 4.78 is 0. The second-order valence-corrected chi connectivity index (χ2v) is 7.76. The zero-order valence-electron chi connectivity index (χ0n) is 16.8. The Labute approximate surface area is 171 Å². The van der Waals surface area contributed by atoms with E-state index in [1.165, 1.54) is 0 Å². The summed E-state index contributed by atoms with van der Waals surface area (Å²) >= 11 is 0. The topological polar surface area (TPSA) is 73.5 Å². The zero-order valence-corrected chi connectivity index (χ0v) is 16.8. The van der Waals surface area contributed by atoms with Crippen molar-refractivity contribution in [3.05, 3.63) is 53.6 Å². The molecule has 4 rings (SSSR count). The molecule has 0 unspecified atom stereocenters. The van der Waals surface area contributed by atoms with E-state index < -0.39 is 0 Å². The number of nitrogens with one attached hydrogen (secondary N) is 3. The number of benzene rings is 2. The number of carbonyl (C=O) groups is 2. The molecular formula is C23H28N4O2. The summed E-state index contributed by atoms with van der Waals surface area (Å²) in [6, 6.07) is 13.3. The lowest BCUT2D eigenvalue weighted by Gasteiger charge is -2.22. The van der Waals surface area contributed by atoms with Crippen LogP contribution in [0.15, 0.2) is 42.5 Å². The van der Waals surface area contributed by atoms with Crippen molar-refractivity contribution in [3.63, 3.8) is 0 Å². The Hall–Kier alpha value is -3.02. The summed E-state index contributed by atoms with van der Waals surface area (Å²) in [5, 5.41) is 8.86. The Kier molecular flexibility index (Phi) is 5.69. The van der Waals surface area contributed by atoms with E-state index >= 15 is 0 Å². The number of rotatable bonds is 6. The normalized spacial score (nSPS) is 15.8. The Balaban J connectivity index is 1.52. The van der Waals surface area contributed by atoms with Gasteiger partial charge in [0.2, 0.25) is 0 Å². The number of aryl methyl sites for hydroxylation is 1. The maximum Gasteiger partial charge on any atom is 0.323 e. The molecule has 2 aromatic rings. The molecule has 0 aromatic heterocycles. The average molecular weight is 393 g/mol. The number of urea groups is 1. The average Bonchev–Trinajstić information content (AvgIpc) is 3.37. The molecule has 3 amide bonds. The molecule has 3 N–H and O–H groups in total. The van der Waals surface area contributed by atoms with Gasteiger partial charge in [0.15, 0.2) is 0 Å². The first kappa shape index (κ1) is 19.3. The summed E-state index contributed by atoms with van der Waals surface area (Å²) in [6.45, 7) is 3.98. The van der Waals surface area contributed by atoms with Crippen LogP contribution in [0.2, 0.25) is 0 Å². The predicted octanol–water partition coefficient (Wildman–Crippen LogP) is 4.39. The van der Waals surface area contributed by atoms with E-state index in [0.29, 0.717) is 17.3 Å². The smallest absolute Gasteiger partial charge is 0.323 e. The van der Waals surface area contributed by atoms with Gasteiger partial charge in [0, 0.05) is 36.2 Å². The largest absolute Gasteiger partial charge is 0.371 e. The highest BCUT2D eigenvalue weighted by Crippen LogP contribution is 2.29. The maximum atomic E-state index is 12.8. The summed E-state index contributed by atoms with van der Waals surface area (Å²) in [5.41, 5.74) is 4.07. The van der Waals surface area contributed by atoms with Crippen molar-refractivity contribution in [3.8, 4) is 0 Å². The second-order valence-electron chi connectivity index (χ2n) is 7.76. The summed E-state index contributed by atoms with van der Waals surface area (Å²) in [4.78, 5) is 27.6. The van der Waals surface area contributed by atoms with Gasteiger partial charge in [0.05, 0.1) is 5.56 Å². The molecule has 152 valence electrons. The van der Waals surface area contributed by atoms with Crippen LogP contribution in [-0.2, 0) is 6.42 Å². The fraction of sp³-hybridized carbons (Fsp3) is 0.391. The number of carbonyl (C=O) groups excluding carboxylic acids is 2. The van der Waals surface area contributed by atoms with Crippen molar-refractivity contribution >= 4 is 29.0 Å². The van der Waals surface area contributed by atoms with Gasteiger partial charge >= 0.3 is 6.03 Å². The number of nitrogens with zero attached hydrogens (tertiary/aromatic N) is 1. The van der Waals surface area contributed by atoms with Crippen LogP contribution in [0.3, 0.4) is 0 Å². The lowest BCUT2D eigenvalue weighted by molar-refractivity contribution is 0.0951. The third kappa shape index (κ3) is 4.70. The van der Waals surface area contributed by atoms with Crippen LogP contribution in [0, 0.1) is 0 Å². The summed E-state index contributed by atoms with van der Waals surface area (Å²) in [7, 11) is 0. The molecule has 29 heavy (non-hydrogen) atoms. The van der Waals surface area contributed by atoms with Gasteiger partial charge in [0.1, 0.15) is 0 Å². The molecule has 0 bridgehead atoms. The lowest BCUT2D eigenvalue weighted by Crippen LogP contribution is -2.29. The zero-order chi connectivity index (χ0) is 20.2. The van der Waals surface area contributed by atoms with E-state index in [2.05, 4.69) is 27.8 Å². The fourth-order valence-corrected chi connectivity index (χ4v) is 3.76. The van der Waals surface area contributed by atoms with E-state index in [1.54, 1.807) is 6.07 Å². The van der Waals surface area contributed by atoms with Crippen LogP contribution < -0.4 is 20.9 Å². The standard InChI is InChI=1S/C23H28N4O2/c1-2-16-7-3-4-8-20(16)26-23(29)25-18-11-12-21(27-13-5-6-14-27)19(15-18)22(28)24-17-9-10-17/h3-4,7-8,11-12,15,17H,2,5-6,9-10,13-14H2,1H3,(H,24,28)(H2,25,26,29). The Morgan fingerprint density at radius 1 is 1.03 bits per heavy atom. The monoisotopic (exact) mass is 392 g/mol. The van der Waals surface area contributed by atoms with Gasteiger partial charge in [-0.25, -0.2) is 4.79 Å². The van der Waals surface area contributed by atoms with E-state index in [1.807, 2.05) is 36.4 Å². The molecule has 1 saturated carbocycles. The molecule has 0 radical (unpaired) electrons. The minimum absolute atomic E-state index is 0.0604. The number of para-hydroxylation sites is 1. The molecule has 6 nitrogen and oxygen atoms in total. The lowest BCUT2D eigenvalue weighted by atomic mass is 10.1. The van der Waals surface area contributed by atoms with E-state index in [0.717, 1.165) is 62.1 Å². The molecule has 1 saturated heterocycles. The molecule has 6 heteroatoms. The van der Waals surface area contributed by atoms with Gasteiger partial charge in [-0.15, -0.1) is 0 Å². The van der Waals surface area contributed by atoms with Crippen LogP contribution >= 0.6 is 0 Å². The maximum absolute atomic E-state index is 12.8. The summed E-state index contributed by atoms with van der Waals surface area (Å²) in [6.07, 6.45) is 5.21. The van der Waals surface area contributed by atoms with Crippen molar-refractivity contribution in [1.29, 1.82) is 0 Å². The highest BCUT2D eigenvalue weighted by molar-refractivity contribution is 6.04. The number of amides is 3. The fourth-order valence-electron chi connectivity index (χ4n) is 3.76. The van der Waals surface area contributed by atoms with Gasteiger partial charge < -0.3 is 20.9 Å². The Morgan fingerprint density at radius 2 is 1.79 bits per heavy atom. The van der Waals surface area contributed by atoms with Crippen LogP contribution in [0.5, 0.6) is 0 Å². The summed E-state index contributed by atoms with van der Waals surface area (Å²) in [5.74, 6) is -0.0604. The highest BCUT2D eigenvalue weighted by Gasteiger charge is 2.26. The first-order chi connectivity index (χ1) is 14.1. The van der Waals surface area contributed by atoms with Crippen molar-refractivity contribution in [2.45, 2.75) is 45.1 Å². The van der Waals surface area contributed by atoms with Gasteiger partial charge in [-0.3, -0.25) is 4.79 Å². The van der Waals surface area contributed by atoms with Crippen LogP contribution in [0.25, 0.3) is 0 Å². The van der Waals surface area contributed by atoms with E-state index in [-0.39, 0.29) is 11.9 Å². The molecule has 0 atom stereocenters. The van der Waals surface area contributed by atoms with Gasteiger partial charge in [0.25, 0.3) is 5.91 Å². The van der Waals surface area contributed by atoms with Gasteiger partial charge in [-0.05, 0) is 61.9 Å². The number of hydrogen-bond donors (Lipinski definition) is 3. The first-order valence-corrected chi connectivity index (χ1v) is 10.5. The van der Waals surface area contributed by atoms with Gasteiger partial charge in [-0.2, -0.15) is 0 Å². The molecule has 1 aliphatic heterocycles. The molecule has 2 fully saturated rings. The molecule has 2 aliphatic rings. The van der Waals surface area contributed by atoms with Crippen LogP contribution in [0.4, 0.5) is 21.9 Å². The Bertz CT molecular complexity index is 902. The van der Waals surface area contributed by atoms with Crippen LogP contribution in [0.1, 0.15) is 48.5 Å². The molecule has 0 spiro atoms. The van der Waals surface area contributed by atoms with E-state index in [9.17, 15) is 9.59 Å². The minimum Gasteiger partial charge on any atom is -0.371 e. The van der Waals surface area contributed by atoms with Crippen LogP contribution in [-0.4, -0.2) is 31.1 Å². The van der Waals surface area contributed by atoms with Gasteiger partial charge in [-0.1, -0.05) is 25.1 Å². The molecule has 1 aliphatic carbocycles.